The van der Waals surface area contributed by atoms with Crippen LogP contribution in [0.4, 0.5) is 13.2 Å². The smallest absolute Gasteiger partial charge is 0.327 e. The first-order valence-electron chi connectivity index (χ1n) is 8.17. The highest BCUT2D eigenvalue weighted by Gasteiger charge is 2.37. The number of aryl methyl sites for hydroxylation is 1. The van der Waals surface area contributed by atoms with E-state index < -0.39 is 27.1 Å². The molecule has 10 heteroatoms. The Kier molecular flexibility index (Phi) is 4.82. The zero-order valence-electron chi connectivity index (χ0n) is 14.1. The maximum absolute atomic E-state index is 13.2. The number of primary sulfonamides is 1. The molecular weight excluding hydrogens is 369 g/mol. The summed E-state index contributed by atoms with van der Waals surface area (Å²) in [6.07, 6.45) is -0.531. The summed E-state index contributed by atoms with van der Waals surface area (Å²) in [5.74, 6) is 0.196. The van der Waals surface area contributed by atoms with Crippen LogP contribution in [0.3, 0.4) is 0 Å². The molecule has 0 spiro atoms. The van der Waals surface area contributed by atoms with Gasteiger partial charge in [-0.15, -0.1) is 0 Å². The van der Waals surface area contributed by atoms with Crippen molar-refractivity contribution in [1.82, 2.24) is 14.5 Å². The van der Waals surface area contributed by atoms with Crippen molar-refractivity contribution in [3.8, 4) is 11.4 Å². The summed E-state index contributed by atoms with van der Waals surface area (Å²) in [6.45, 7) is 1.71. The molecule has 0 atom stereocenters. The summed E-state index contributed by atoms with van der Waals surface area (Å²) in [5.41, 5.74) is 0.132. The van der Waals surface area contributed by atoms with Crippen molar-refractivity contribution in [2.24, 2.45) is 5.14 Å². The third kappa shape index (κ3) is 3.75. The monoisotopic (exact) mass is 388 g/mol. The number of nitrogens with two attached hydrogens (primary N) is 1. The van der Waals surface area contributed by atoms with E-state index in [1.165, 1.54) is 4.57 Å². The lowest BCUT2D eigenvalue weighted by Crippen LogP contribution is -2.33. The molecule has 3 rings (SSSR count). The van der Waals surface area contributed by atoms with E-state index in [0.717, 1.165) is 6.20 Å². The number of pyridine rings is 1. The maximum Gasteiger partial charge on any atom is 0.434 e. The van der Waals surface area contributed by atoms with Crippen molar-refractivity contribution in [1.29, 1.82) is 0 Å². The van der Waals surface area contributed by atoms with Crippen LogP contribution < -0.4 is 5.14 Å². The zero-order valence-corrected chi connectivity index (χ0v) is 14.9. The van der Waals surface area contributed by atoms with Crippen LogP contribution in [0.2, 0.25) is 0 Å². The molecular formula is C16H19F3N4O2S. The maximum atomic E-state index is 13.2. The molecule has 0 amide bonds. The molecule has 2 N–H and O–H groups in total. The van der Waals surface area contributed by atoms with E-state index in [4.69, 9.17) is 5.14 Å². The summed E-state index contributed by atoms with van der Waals surface area (Å²) in [5, 5.41) is 4.55. The molecule has 1 fully saturated rings. The summed E-state index contributed by atoms with van der Waals surface area (Å²) in [7, 11) is -3.63. The van der Waals surface area contributed by atoms with Gasteiger partial charge in [-0.1, -0.05) is 0 Å². The number of rotatable bonds is 3. The Morgan fingerprint density at radius 2 is 1.88 bits per heavy atom. The number of alkyl halides is 3. The van der Waals surface area contributed by atoms with Gasteiger partial charge in [-0.3, -0.25) is 4.98 Å². The second-order valence-electron chi connectivity index (χ2n) is 6.51. The lowest BCUT2D eigenvalue weighted by molar-refractivity contribution is -0.140. The molecule has 0 saturated heterocycles. The number of hydrogen-bond acceptors (Lipinski definition) is 4. The molecule has 0 unspecified atom stereocenters. The van der Waals surface area contributed by atoms with Gasteiger partial charge >= 0.3 is 6.18 Å². The van der Waals surface area contributed by atoms with Crippen LogP contribution in [-0.4, -0.2) is 28.2 Å². The van der Waals surface area contributed by atoms with Crippen LogP contribution in [0.1, 0.15) is 43.1 Å². The van der Waals surface area contributed by atoms with Crippen LogP contribution in [0.25, 0.3) is 11.4 Å². The highest BCUT2D eigenvalue weighted by molar-refractivity contribution is 7.89. The number of sulfonamides is 1. The Morgan fingerprint density at radius 1 is 1.23 bits per heavy atom. The molecule has 6 nitrogen and oxygen atoms in total. The molecule has 26 heavy (non-hydrogen) atoms. The quantitative estimate of drug-likeness (QED) is 0.875. The van der Waals surface area contributed by atoms with Crippen molar-refractivity contribution in [2.45, 2.75) is 50.1 Å². The number of imidazole rings is 1. The van der Waals surface area contributed by atoms with Crippen LogP contribution in [-0.2, 0) is 16.2 Å². The number of hydrogen-bond donors (Lipinski definition) is 1. The predicted octanol–water partition coefficient (Wildman–Crippen LogP) is 3.04. The molecule has 2 aromatic rings. The van der Waals surface area contributed by atoms with Crippen molar-refractivity contribution < 1.29 is 21.6 Å². The van der Waals surface area contributed by atoms with E-state index in [-0.39, 0.29) is 11.9 Å². The highest BCUT2D eigenvalue weighted by Crippen LogP contribution is 2.38. The average Bonchev–Trinajstić information content (AvgIpc) is 3.00. The first-order valence-corrected chi connectivity index (χ1v) is 9.78. The third-order valence-corrected chi connectivity index (χ3v) is 6.17. The summed E-state index contributed by atoms with van der Waals surface area (Å²) in [4.78, 5) is 7.94. The fourth-order valence-corrected chi connectivity index (χ4v) is 4.31. The van der Waals surface area contributed by atoms with Crippen LogP contribution in [0.5, 0.6) is 0 Å². The minimum atomic E-state index is -4.56. The first kappa shape index (κ1) is 18.8. The van der Waals surface area contributed by atoms with Crippen molar-refractivity contribution in [3.63, 3.8) is 0 Å². The van der Waals surface area contributed by atoms with E-state index in [9.17, 15) is 21.6 Å². The normalized spacial score (nSPS) is 21.7. The Bertz CT molecular complexity index is 900. The van der Waals surface area contributed by atoms with Gasteiger partial charge in [0.15, 0.2) is 5.69 Å². The standard InChI is InChI=1S/C16H19F3N4O2S/c1-10-13(3-2-8-21-10)15-22-14(16(17,18)19)9-23(15)11-4-6-12(7-5-11)26(20,24)25/h2-3,8-9,11-12H,4-7H2,1H3,(H2,20,24,25). The lowest BCUT2D eigenvalue weighted by atomic mass is 9.94. The van der Waals surface area contributed by atoms with Crippen LogP contribution in [0.15, 0.2) is 24.5 Å². The molecule has 1 saturated carbocycles. The largest absolute Gasteiger partial charge is 0.434 e. The lowest BCUT2D eigenvalue weighted by Gasteiger charge is -2.29. The SMILES string of the molecule is Cc1ncccc1-c1nc(C(F)(F)F)cn1C1CCC(S(N)(=O)=O)CC1. The zero-order chi connectivity index (χ0) is 19.1. The van der Waals surface area contributed by atoms with E-state index in [0.29, 0.717) is 36.9 Å². The van der Waals surface area contributed by atoms with Gasteiger partial charge in [0.25, 0.3) is 0 Å². The van der Waals surface area contributed by atoms with Gasteiger partial charge in [-0.25, -0.2) is 18.5 Å². The van der Waals surface area contributed by atoms with E-state index in [2.05, 4.69) is 9.97 Å². The van der Waals surface area contributed by atoms with E-state index in [1.54, 1.807) is 25.3 Å². The Balaban J connectivity index is 1.99. The predicted molar refractivity (Wildman–Crippen MR) is 89.6 cm³/mol. The Hall–Kier alpha value is -1.94. The number of halogens is 3. The van der Waals surface area contributed by atoms with Crippen LogP contribution >= 0.6 is 0 Å². The molecule has 1 aliphatic carbocycles. The average molecular weight is 388 g/mol. The van der Waals surface area contributed by atoms with Crippen molar-refractivity contribution >= 4 is 10.0 Å². The third-order valence-electron chi connectivity index (χ3n) is 4.77. The molecule has 0 bridgehead atoms. The van der Waals surface area contributed by atoms with E-state index >= 15 is 0 Å². The van der Waals surface area contributed by atoms with Gasteiger partial charge < -0.3 is 4.57 Å². The van der Waals surface area contributed by atoms with E-state index in [1.807, 2.05) is 0 Å². The Labute approximate surface area is 149 Å². The minimum Gasteiger partial charge on any atom is -0.327 e. The summed E-state index contributed by atoms with van der Waals surface area (Å²) >= 11 is 0. The van der Waals surface area contributed by atoms with Gasteiger partial charge in [0, 0.05) is 29.7 Å². The van der Waals surface area contributed by atoms with Gasteiger partial charge in [-0.2, -0.15) is 13.2 Å². The molecule has 0 aromatic carbocycles. The van der Waals surface area contributed by atoms with Crippen LogP contribution in [0, 0.1) is 6.92 Å². The Morgan fingerprint density at radius 3 is 2.42 bits per heavy atom. The van der Waals surface area contributed by atoms with Gasteiger partial charge in [0.2, 0.25) is 10.0 Å². The molecule has 1 aliphatic rings. The molecule has 0 radical (unpaired) electrons. The minimum absolute atomic E-state index is 0.196. The highest BCUT2D eigenvalue weighted by atomic mass is 32.2. The van der Waals surface area contributed by atoms with Gasteiger partial charge in [0.05, 0.1) is 5.25 Å². The molecule has 2 heterocycles. The number of aromatic nitrogens is 3. The number of nitrogens with zero attached hydrogens (tertiary/aromatic N) is 3. The summed E-state index contributed by atoms with van der Waals surface area (Å²) in [6, 6.07) is 3.05. The molecule has 2 aromatic heterocycles. The summed E-state index contributed by atoms with van der Waals surface area (Å²) < 4.78 is 64.1. The van der Waals surface area contributed by atoms with Gasteiger partial charge in [0.1, 0.15) is 5.82 Å². The van der Waals surface area contributed by atoms with Crippen molar-refractivity contribution in [3.05, 3.63) is 35.9 Å². The fourth-order valence-electron chi connectivity index (χ4n) is 3.38. The topological polar surface area (TPSA) is 90.9 Å². The fraction of sp³-hybridized carbons (Fsp3) is 0.500. The second kappa shape index (κ2) is 6.66. The molecule has 142 valence electrons. The second-order valence-corrected chi connectivity index (χ2v) is 8.36. The molecule has 0 aliphatic heterocycles. The van der Waals surface area contributed by atoms with Gasteiger partial charge in [-0.05, 0) is 44.7 Å². The van der Waals surface area contributed by atoms with Crippen molar-refractivity contribution in [2.75, 3.05) is 0 Å². The first-order chi connectivity index (χ1) is 12.1.